The van der Waals surface area contributed by atoms with Gasteiger partial charge in [-0.2, -0.15) is 0 Å². The number of nitro benzene ring substituents is 2. The second-order valence-corrected chi connectivity index (χ2v) is 4.47. The Morgan fingerprint density at radius 2 is 1.76 bits per heavy atom. The number of nitrogens with two attached hydrogens (primary N) is 1. The number of hydrogen-bond donors (Lipinski definition) is 2. The Bertz CT molecular complexity index is 582. The van der Waals surface area contributed by atoms with Gasteiger partial charge in [0.2, 0.25) is 0 Å². The van der Waals surface area contributed by atoms with Crippen LogP contribution in [-0.2, 0) is 10.0 Å². The van der Waals surface area contributed by atoms with Crippen LogP contribution in [0.1, 0.15) is 0 Å². The van der Waals surface area contributed by atoms with Crippen LogP contribution in [-0.4, -0.2) is 18.3 Å². The lowest BCUT2D eigenvalue weighted by Crippen LogP contribution is -2.30. The summed E-state index contributed by atoms with van der Waals surface area (Å²) in [6.07, 6.45) is 0. The molecule has 0 amide bonds. The van der Waals surface area contributed by atoms with E-state index in [1.54, 1.807) is 0 Å². The van der Waals surface area contributed by atoms with Crippen molar-refractivity contribution in [1.29, 1.82) is 0 Å². The number of nitro groups is 2. The standard InChI is InChI=1S/C6H6N4O6S/c7-8-17(15,16)6-2-1-4(9(11)12)3-5(6)10(13)14/h1-3,8H,7H2. The molecule has 1 aromatic carbocycles. The number of hydrogen-bond acceptors (Lipinski definition) is 7. The lowest BCUT2D eigenvalue weighted by molar-refractivity contribution is -0.396. The van der Waals surface area contributed by atoms with Crippen molar-refractivity contribution >= 4 is 21.4 Å². The first-order valence-corrected chi connectivity index (χ1v) is 5.43. The van der Waals surface area contributed by atoms with Crippen molar-refractivity contribution < 1.29 is 18.3 Å². The zero-order valence-corrected chi connectivity index (χ0v) is 8.88. The summed E-state index contributed by atoms with van der Waals surface area (Å²) in [7, 11) is -4.25. The van der Waals surface area contributed by atoms with Gasteiger partial charge >= 0.3 is 0 Å². The van der Waals surface area contributed by atoms with Crippen LogP contribution in [0, 0.1) is 20.2 Å². The van der Waals surface area contributed by atoms with Crippen LogP contribution in [0.2, 0.25) is 0 Å². The summed E-state index contributed by atoms with van der Waals surface area (Å²) in [6.45, 7) is 0. The molecule has 0 saturated heterocycles. The van der Waals surface area contributed by atoms with Gasteiger partial charge in [-0.25, -0.2) is 8.42 Å². The van der Waals surface area contributed by atoms with E-state index in [1.165, 1.54) is 4.83 Å². The summed E-state index contributed by atoms with van der Waals surface area (Å²) in [5.41, 5.74) is -1.51. The van der Waals surface area contributed by atoms with Crippen molar-refractivity contribution in [3.8, 4) is 0 Å². The minimum atomic E-state index is -4.25. The van der Waals surface area contributed by atoms with E-state index in [-0.39, 0.29) is 0 Å². The fraction of sp³-hybridized carbons (Fsp3) is 0. The number of nitrogens with zero attached hydrogens (tertiary/aromatic N) is 2. The minimum absolute atomic E-state index is 0.546. The Morgan fingerprint density at radius 1 is 1.18 bits per heavy atom. The van der Waals surface area contributed by atoms with Gasteiger partial charge in [0, 0.05) is 6.07 Å². The number of non-ortho nitro benzene ring substituents is 1. The number of rotatable bonds is 4. The molecule has 0 heterocycles. The molecule has 0 saturated carbocycles. The Labute approximate surface area is 94.4 Å². The molecule has 92 valence electrons. The number of benzene rings is 1. The van der Waals surface area contributed by atoms with Gasteiger partial charge in [0.15, 0.2) is 4.90 Å². The molecular formula is C6H6N4O6S. The average molecular weight is 262 g/mol. The number of nitrogens with one attached hydrogen (secondary N) is 1. The maximum atomic E-state index is 11.3. The molecule has 10 nitrogen and oxygen atoms in total. The summed E-state index contributed by atoms with van der Waals surface area (Å²) in [4.78, 5) is 19.7. The van der Waals surface area contributed by atoms with Crippen molar-refractivity contribution in [1.82, 2.24) is 4.83 Å². The molecule has 1 aromatic rings. The molecule has 11 heteroatoms. The number of sulfonamides is 1. The average Bonchev–Trinajstić information content (AvgIpc) is 2.28. The van der Waals surface area contributed by atoms with Gasteiger partial charge in [0.25, 0.3) is 21.4 Å². The van der Waals surface area contributed by atoms with Crippen molar-refractivity contribution in [2.45, 2.75) is 4.90 Å². The molecule has 0 unspecified atom stereocenters. The lowest BCUT2D eigenvalue weighted by Gasteiger charge is -2.02. The molecule has 0 aliphatic heterocycles. The molecule has 0 spiro atoms. The molecule has 0 aromatic heterocycles. The molecule has 0 aliphatic rings. The summed E-state index contributed by atoms with van der Waals surface area (Å²) in [5.74, 6) is 4.71. The molecule has 0 bridgehead atoms. The van der Waals surface area contributed by atoms with Crippen LogP contribution in [0.4, 0.5) is 11.4 Å². The van der Waals surface area contributed by atoms with E-state index in [0.29, 0.717) is 6.07 Å². The van der Waals surface area contributed by atoms with Gasteiger partial charge in [-0.1, -0.05) is 0 Å². The first kappa shape index (κ1) is 13.0. The molecular weight excluding hydrogens is 256 g/mol. The highest BCUT2D eigenvalue weighted by molar-refractivity contribution is 7.89. The van der Waals surface area contributed by atoms with Crippen molar-refractivity contribution in [2.24, 2.45) is 5.84 Å². The van der Waals surface area contributed by atoms with E-state index in [4.69, 9.17) is 5.84 Å². The molecule has 17 heavy (non-hydrogen) atoms. The van der Waals surface area contributed by atoms with E-state index in [9.17, 15) is 28.6 Å². The maximum absolute atomic E-state index is 11.3. The largest absolute Gasteiger partial charge is 0.296 e. The Hall–Kier alpha value is -2.11. The molecule has 0 aliphatic carbocycles. The Kier molecular flexibility index (Phi) is 3.36. The zero-order valence-electron chi connectivity index (χ0n) is 8.06. The van der Waals surface area contributed by atoms with Crippen molar-refractivity contribution in [2.75, 3.05) is 0 Å². The highest BCUT2D eigenvalue weighted by atomic mass is 32.2. The normalized spacial score (nSPS) is 11.1. The fourth-order valence-electron chi connectivity index (χ4n) is 1.05. The quantitative estimate of drug-likeness (QED) is 0.426. The van der Waals surface area contributed by atoms with Crippen LogP contribution in [0.15, 0.2) is 23.1 Å². The Morgan fingerprint density at radius 3 is 2.18 bits per heavy atom. The predicted octanol–water partition coefficient (Wildman–Crippen LogP) is -0.345. The van der Waals surface area contributed by atoms with Crippen LogP contribution in [0.3, 0.4) is 0 Å². The highest BCUT2D eigenvalue weighted by Crippen LogP contribution is 2.27. The number of hydrazine groups is 1. The van der Waals surface area contributed by atoms with Gasteiger partial charge in [0.05, 0.1) is 15.9 Å². The Balaban J connectivity index is 3.54. The third-order valence-corrected chi connectivity index (χ3v) is 3.03. The van der Waals surface area contributed by atoms with E-state index in [2.05, 4.69) is 0 Å². The summed E-state index contributed by atoms with van der Waals surface area (Å²) in [5, 5.41) is 21.0. The van der Waals surface area contributed by atoms with Gasteiger partial charge in [-0.05, 0) is 6.07 Å². The topological polar surface area (TPSA) is 158 Å². The van der Waals surface area contributed by atoms with Gasteiger partial charge in [-0.3, -0.25) is 26.1 Å². The predicted molar refractivity (Wildman–Crippen MR) is 54.3 cm³/mol. The molecule has 3 N–H and O–H groups in total. The summed E-state index contributed by atoms with van der Waals surface area (Å²) in [6, 6.07) is 2.12. The van der Waals surface area contributed by atoms with E-state index in [1.807, 2.05) is 0 Å². The second-order valence-electron chi connectivity index (χ2n) is 2.79. The van der Waals surface area contributed by atoms with Gasteiger partial charge in [0.1, 0.15) is 0 Å². The molecule has 0 atom stereocenters. The minimum Gasteiger partial charge on any atom is -0.258 e. The first-order chi connectivity index (χ1) is 7.79. The first-order valence-electron chi connectivity index (χ1n) is 3.95. The lowest BCUT2D eigenvalue weighted by atomic mass is 10.3. The summed E-state index contributed by atoms with van der Waals surface area (Å²) < 4.78 is 22.6. The smallest absolute Gasteiger partial charge is 0.258 e. The fourth-order valence-corrected chi connectivity index (χ4v) is 1.84. The second kappa shape index (κ2) is 4.40. The van der Waals surface area contributed by atoms with E-state index < -0.39 is 36.1 Å². The zero-order chi connectivity index (χ0) is 13.2. The van der Waals surface area contributed by atoms with E-state index >= 15 is 0 Å². The van der Waals surface area contributed by atoms with Crippen LogP contribution in [0.5, 0.6) is 0 Å². The molecule has 0 radical (unpaired) electrons. The SMILES string of the molecule is NNS(=O)(=O)c1ccc([N+](=O)[O-])cc1[N+](=O)[O-]. The van der Waals surface area contributed by atoms with E-state index in [0.717, 1.165) is 12.1 Å². The van der Waals surface area contributed by atoms with Crippen molar-refractivity contribution in [3.63, 3.8) is 0 Å². The third kappa shape index (κ3) is 2.52. The van der Waals surface area contributed by atoms with Gasteiger partial charge in [-0.15, -0.1) is 4.83 Å². The summed E-state index contributed by atoms with van der Waals surface area (Å²) >= 11 is 0. The van der Waals surface area contributed by atoms with Gasteiger partial charge < -0.3 is 0 Å². The van der Waals surface area contributed by atoms with Crippen molar-refractivity contribution in [3.05, 3.63) is 38.4 Å². The molecule has 0 fully saturated rings. The molecule has 1 rings (SSSR count). The monoisotopic (exact) mass is 262 g/mol. The maximum Gasteiger partial charge on any atom is 0.296 e. The van der Waals surface area contributed by atoms with Crippen LogP contribution >= 0.6 is 0 Å². The third-order valence-electron chi connectivity index (χ3n) is 1.79. The van der Waals surface area contributed by atoms with Crippen LogP contribution in [0.25, 0.3) is 0 Å². The van der Waals surface area contributed by atoms with Crippen LogP contribution < -0.4 is 10.7 Å². The highest BCUT2D eigenvalue weighted by Gasteiger charge is 2.27.